The third kappa shape index (κ3) is 3.39. The lowest BCUT2D eigenvalue weighted by Gasteiger charge is -2.11. The van der Waals surface area contributed by atoms with Crippen molar-refractivity contribution in [2.24, 2.45) is 0 Å². The number of aromatic nitrogens is 3. The highest BCUT2D eigenvalue weighted by Crippen LogP contribution is 2.27. The Kier molecular flexibility index (Phi) is 4.41. The molecular weight excluding hydrogens is 284 g/mol. The molecule has 0 aliphatic heterocycles. The number of aromatic carboxylic acids is 1. The summed E-state index contributed by atoms with van der Waals surface area (Å²) < 4.78 is 6.66. The van der Waals surface area contributed by atoms with Crippen LogP contribution in [0.5, 0.6) is 5.75 Å². The van der Waals surface area contributed by atoms with Gasteiger partial charge in [-0.25, -0.2) is 9.48 Å². The molecular formula is C12H13ClN4O3. The van der Waals surface area contributed by atoms with E-state index >= 15 is 0 Å². The summed E-state index contributed by atoms with van der Waals surface area (Å²) in [5.41, 5.74) is 0.684. The first-order valence-corrected chi connectivity index (χ1v) is 6.19. The summed E-state index contributed by atoms with van der Waals surface area (Å²) in [5, 5.41) is 19.7. The molecule has 8 heteroatoms. The average Bonchev–Trinajstić information content (AvgIpc) is 2.88. The van der Waals surface area contributed by atoms with E-state index in [-0.39, 0.29) is 5.69 Å². The van der Waals surface area contributed by atoms with Gasteiger partial charge >= 0.3 is 5.97 Å². The van der Waals surface area contributed by atoms with Crippen LogP contribution >= 0.6 is 11.6 Å². The number of ether oxygens (including phenoxy) is 1. The van der Waals surface area contributed by atoms with E-state index in [1.54, 1.807) is 25.3 Å². The summed E-state index contributed by atoms with van der Waals surface area (Å²) in [6.07, 6.45) is 1.37. The molecule has 7 nitrogen and oxygen atoms in total. The molecule has 1 aromatic heterocycles. The molecule has 2 N–H and O–H groups in total. The second-order valence-electron chi connectivity index (χ2n) is 3.94. The van der Waals surface area contributed by atoms with Crippen LogP contribution in [-0.4, -0.2) is 39.7 Å². The summed E-state index contributed by atoms with van der Waals surface area (Å²) in [5.74, 6) is -0.417. The first-order valence-electron chi connectivity index (χ1n) is 5.81. The number of methoxy groups -OCH3 is 1. The molecule has 0 saturated carbocycles. The van der Waals surface area contributed by atoms with Crippen LogP contribution in [-0.2, 0) is 6.54 Å². The van der Waals surface area contributed by atoms with Crippen LogP contribution in [0.1, 0.15) is 10.5 Å². The fourth-order valence-electron chi connectivity index (χ4n) is 1.63. The molecule has 20 heavy (non-hydrogen) atoms. The Bertz CT molecular complexity index is 614. The van der Waals surface area contributed by atoms with E-state index in [1.807, 2.05) is 0 Å². The molecule has 0 unspecified atom stereocenters. The Morgan fingerprint density at radius 1 is 1.55 bits per heavy atom. The zero-order chi connectivity index (χ0) is 14.5. The molecule has 0 spiro atoms. The molecule has 0 saturated heterocycles. The van der Waals surface area contributed by atoms with Crippen LogP contribution in [0.4, 0.5) is 5.69 Å². The third-order valence-corrected chi connectivity index (χ3v) is 2.81. The van der Waals surface area contributed by atoms with Gasteiger partial charge in [0.2, 0.25) is 0 Å². The van der Waals surface area contributed by atoms with Gasteiger partial charge in [0.1, 0.15) is 5.75 Å². The number of nitrogens with one attached hydrogen (secondary N) is 1. The van der Waals surface area contributed by atoms with Crippen LogP contribution < -0.4 is 10.1 Å². The number of carboxylic acid groups (broad SMARTS) is 1. The largest absolute Gasteiger partial charge is 0.495 e. The molecule has 1 aromatic carbocycles. The van der Waals surface area contributed by atoms with Crippen molar-refractivity contribution >= 4 is 23.3 Å². The van der Waals surface area contributed by atoms with E-state index in [1.165, 1.54) is 10.9 Å². The van der Waals surface area contributed by atoms with Crippen LogP contribution in [0, 0.1) is 0 Å². The van der Waals surface area contributed by atoms with Gasteiger partial charge in [0.25, 0.3) is 0 Å². The Balaban J connectivity index is 1.95. The molecule has 0 aliphatic carbocycles. The van der Waals surface area contributed by atoms with Crippen LogP contribution in [0.15, 0.2) is 24.4 Å². The van der Waals surface area contributed by atoms with Gasteiger partial charge in [-0.3, -0.25) is 0 Å². The predicted octanol–water partition coefficient (Wildman–Crippen LogP) is 1.75. The maximum atomic E-state index is 10.7. The molecule has 2 aromatic rings. The van der Waals surface area contributed by atoms with E-state index in [9.17, 15) is 4.79 Å². The van der Waals surface area contributed by atoms with Crippen LogP contribution in [0.3, 0.4) is 0 Å². The lowest BCUT2D eigenvalue weighted by Crippen LogP contribution is -2.11. The predicted molar refractivity (Wildman–Crippen MR) is 73.5 cm³/mol. The van der Waals surface area contributed by atoms with Crippen LogP contribution in [0.25, 0.3) is 0 Å². The Morgan fingerprint density at radius 2 is 2.35 bits per heavy atom. The first-order chi connectivity index (χ1) is 9.60. The van der Waals surface area contributed by atoms with E-state index < -0.39 is 5.97 Å². The van der Waals surface area contributed by atoms with Gasteiger partial charge in [0.05, 0.1) is 25.5 Å². The maximum Gasteiger partial charge on any atom is 0.358 e. The fraction of sp³-hybridized carbons (Fsp3) is 0.250. The number of benzene rings is 1. The molecule has 106 valence electrons. The first kappa shape index (κ1) is 14.1. The minimum Gasteiger partial charge on any atom is -0.495 e. The number of halogens is 1. The highest BCUT2D eigenvalue weighted by Gasteiger charge is 2.08. The van der Waals surface area contributed by atoms with Gasteiger partial charge in [-0.2, -0.15) is 0 Å². The van der Waals surface area contributed by atoms with E-state index in [2.05, 4.69) is 15.6 Å². The van der Waals surface area contributed by atoms with Gasteiger partial charge < -0.3 is 15.2 Å². The van der Waals surface area contributed by atoms with Crippen molar-refractivity contribution < 1.29 is 14.6 Å². The highest BCUT2D eigenvalue weighted by molar-refractivity contribution is 6.30. The minimum absolute atomic E-state index is 0.0784. The standard InChI is InChI=1S/C12H13ClN4O3/c1-20-11-3-2-8(13)6-9(11)14-4-5-17-7-10(12(18)19)15-16-17/h2-3,6-7,14H,4-5H2,1H3,(H,18,19). The molecule has 0 amide bonds. The maximum absolute atomic E-state index is 10.7. The Morgan fingerprint density at radius 3 is 3.00 bits per heavy atom. The van der Waals surface area contributed by atoms with Gasteiger partial charge in [0.15, 0.2) is 5.69 Å². The normalized spacial score (nSPS) is 10.3. The summed E-state index contributed by atoms with van der Waals surface area (Å²) >= 11 is 5.92. The molecule has 1 heterocycles. The number of nitrogens with zero attached hydrogens (tertiary/aromatic N) is 3. The van der Waals surface area contributed by atoms with Crippen LogP contribution in [0.2, 0.25) is 5.02 Å². The molecule has 0 fully saturated rings. The van der Waals surface area contributed by atoms with Crippen molar-refractivity contribution in [3.8, 4) is 5.75 Å². The topological polar surface area (TPSA) is 89.3 Å². The number of hydrogen-bond acceptors (Lipinski definition) is 5. The molecule has 2 rings (SSSR count). The highest BCUT2D eigenvalue weighted by atomic mass is 35.5. The van der Waals surface area contributed by atoms with Gasteiger partial charge in [0, 0.05) is 11.6 Å². The third-order valence-electron chi connectivity index (χ3n) is 2.58. The molecule has 0 radical (unpaired) electrons. The van der Waals surface area contributed by atoms with E-state index in [4.69, 9.17) is 21.4 Å². The minimum atomic E-state index is -1.10. The number of rotatable bonds is 6. The summed E-state index contributed by atoms with van der Waals surface area (Å²) in [7, 11) is 1.57. The van der Waals surface area contributed by atoms with Gasteiger partial charge in [-0.15, -0.1) is 5.10 Å². The Hall–Kier alpha value is -2.28. The average molecular weight is 297 g/mol. The van der Waals surface area contributed by atoms with Gasteiger partial charge in [-0.1, -0.05) is 16.8 Å². The summed E-state index contributed by atoms with van der Waals surface area (Å²) in [6.45, 7) is 0.995. The van der Waals surface area contributed by atoms with Crippen molar-refractivity contribution in [3.63, 3.8) is 0 Å². The SMILES string of the molecule is COc1ccc(Cl)cc1NCCn1cc(C(=O)O)nn1. The van der Waals surface area contributed by atoms with E-state index in [0.29, 0.717) is 23.9 Å². The molecule has 0 aliphatic rings. The number of carbonyl (C=O) groups is 1. The second-order valence-corrected chi connectivity index (χ2v) is 4.38. The smallest absolute Gasteiger partial charge is 0.358 e. The molecule has 0 atom stereocenters. The number of hydrogen-bond donors (Lipinski definition) is 2. The monoisotopic (exact) mass is 296 g/mol. The van der Waals surface area contributed by atoms with E-state index in [0.717, 1.165) is 5.69 Å². The zero-order valence-corrected chi connectivity index (χ0v) is 11.5. The van der Waals surface area contributed by atoms with Crippen molar-refractivity contribution in [3.05, 3.63) is 35.1 Å². The summed E-state index contributed by atoms with van der Waals surface area (Å²) in [4.78, 5) is 10.7. The van der Waals surface area contributed by atoms with Crippen molar-refractivity contribution in [1.82, 2.24) is 15.0 Å². The summed E-state index contributed by atoms with van der Waals surface area (Å²) in [6, 6.07) is 5.26. The number of carboxylic acids is 1. The van der Waals surface area contributed by atoms with Gasteiger partial charge in [-0.05, 0) is 18.2 Å². The second kappa shape index (κ2) is 6.25. The van der Waals surface area contributed by atoms with Crippen molar-refractivity contribution in [1.29, 1.82) is 0 Å². The fourth-order valence-corrected chi connectivity index (χ4v) is 1.80. The molecule has 0 bridgehead atoms. The Labute approximate surface area is 120 Å². The van der Waals surface area contributed by atoms with Crippen molar-refractivity contribution in [2.75, 3.05) is 19.0 Å². The van der Waals surface area contributed by atoms with Crippen molar-refractivity contribution in [2.45, 2.75) is 6.54 Å². The lowest BCUT2D eigenvalue weighted by molar-refractivity contribution is 0.0690. The zero-order valence-electron chi connectivity index (χ0n) is 10.7. The quantitative estimate of drug-likeness (QED) is 0.844. The number of anilines is 1. The lowest BCUT2D eigenvalue weighted by atomic mass is 10.3.